The summed E-state index contributed by atoms with van der Waals surface area (Å²) >= 11 is 0. The Bertz CT molecular complexity index is 1330. The highest BCUT2D eigenvalue weighted by molar-refractivity contribution is 5.88. The zero-order valence-electron chi connectivity index (χ0n) is 20.6. The Morgan fingerprint density at radius 2 is 1.56 bits per heavy atom. The molecule has 0 bridgehead atoms. The molecule has 0 saturated heterocycles. The van der Waals surface area contributed by atoms with E-state index in [1.807, 2.05) is 26.8 Å². The normalized spacial score (nSPS) is 14.4. The number of alkyl halides is 3. The molecule has 1 aliphatic rings. The molecular weight excluding hydrogens is 474 g/mol. The van der Waals surface area contributed by atoms with Gasteiger partial charge in [0.05, 0.1) is 25.3 Å². The Morgan fingerprint density at radius 3 is 2.22 bits per heavy atom. The third-order valence-electron chi connectivity index (χ3n) is 6.06. The van der Waals surface area contributed by atoms with Crippen LogP contribution in [0, 0.1) is 5.82 Å². The molecule has 0 fully saturated rings. The van der Waals surface area contributed by atoms with Crippen LogP contribution >= 0.6 is 0 Å². The maximum atomic E-state index is 14.0. The van der Waals surface area contributed by atoms with Crippen LogP contribution in [0.2, 0.25) is 0 Å². The summed E-state index contributed by atoms with van der Waals surface area (Å²) < 4.78 is 71.5. The van der Waals surface area contributed by atoms with E-state index >= 15 is 0 Å². The Morgan fingerprint density at radius 1 is 0.861 bits per heavy atom. The van der Waals surface area contributed by atoms with Crippen molar-refractivity contribution < 1.29 is 31.8 Å². The third-order valence-corrected chi connectivity index (χ3v) is 6.06. The van der Waals surface area contributed by atoms with Crippen molar-refractivity contribution in [3.63, 3.8) is 0 Å². The predicted molar refractivity (Wildman–Crippen MR) is 132 cm³/mol. The van der Waals surface area contributed by atoms with E-state index in [0.717, 1.165) is 29.0 Å². The molecule has 190 valence electrons. The minimum Gasteiger partial charge on any atom is -0.496 e. The van der Waals surface area contributed by atoms with Crippen molar-refractivity contribution in [3.8, 4) is 28.4 Å². The molecule has 0 aromatic heterocycles. The van der Waals surface area contributed by atoms with Crippen molar-refractivity contribution in [3.05, 3.63) is 77.1 Å². The van der Waals surface area contributed by atoms with Crippen LogP contribution in [-0.4, -0.2) is 19.8 Å². The number of allylic oxidation sites excluding steroid dienone is 1. The molecule has 0 radical (unpaired) electrons. The quantitative estimate of drug-likeness (QED) is 0.351. The molecule has 0 spiro atoms. The lowest BCUT2D eigenvalue weighted by atomic mass is 9.85. The van der Waals surface area contributed by atoms with E-state index in [-0.39, 0.29) is 23.5 Å². The smallest absolute Gasteiger partial charge is 0.416 e. The number of hydrogen-bond donors (Lipinski definition) is 1. The summed E-state index contributed by atoms with van der Waals surface area (Å²) in [7, 11) is 2.86. The van der Waals surface area contributed by atoms with Gasteiger partial charge in [0, 0.05) is 28.4 Å². The topological polar surface area (TPSA) is 39.7 Å². The van der Waals surface area contributed by atoms with Gasteiger partial charge in [-0.25, -0.2) is 4.39 Å². The van der Waals surface area contributed by atoms with Crippen LogP contribution in [0.5, 0.6) is 17.2 Å². The van der Waals surface area contributed by atoms with E-state index in [9.17, 15) is 17.6 Å². The van der Waals surface area contributed by atoms with Crippen molar-refractivity contribution in [2.75, 3.05) is 19.5 Å². The summed E-state index contributed by atoms with van der Waals surface area (Å²) in [5.74, 6) is 0.312. The number of benzene rings is 3. The second-order valence-electron chi connectivity index (χ2n) is 9.18. The van der Waals surface area contributed by atoms with Gasteiger partial charge in [-0.3, -0.25) is 0 Å². The number of halogens is 4. The highest BCUT2D eigenvalue weighted by atomic mass is 19.4. The summed E-state index contributed by atoms with van der Waals surface area (Å²) in [5.41, 5.74) is 2.87. The summed E-state index contributed by atoms with van der Waals surface area (Å²) in [6.45, 7) is 5.94. The van der Waals surface area contributed by atoms with Crippen molar-refractivity contribution in [2.45, 2.75) is 39.1 Å². The minimum absolute atomic E-state index is 0.0506. The van der Waals surface area contributed by atoms with Crippen molar-refractivity contribution in [1.82, 2.24) is 0 Å². The molecule has 0 atom stereocenters. The maximum absolute atomic E-state index is 14.0. The van der Waals surface area contributed by atoms with E-state index in [1.54, 1.807) is 6.07 Å². The second kappa shape index (κ2) is 9.41. The SMILES string of the molecule is COc1ccc(F)cc1OCc1c(-c2cc(C(F)(F)F)ccc2OC)ccc2c1C(C)=CC(C)(C)N2. The largest absolute Gasteiger partial charge is 0.496 e. The van der Waals surface area contributed by atoms with E-state index in [0.29, 0.717) is 22.6 Å². The Hall–Kier alpha value is -3.68. The first-order valence-corrected chi connectivity index (χ1v) is 11.3. The van der Waals surface area contributed by atoms with Crippen LogP contribution in [0.3, 0.4) is 0 Å². The van der Waals surface area contributed by atoms with Crippen molar-refractivity contribution in [2.24, 2.45) is 0 Å². The van der Waals surface area contributed by atoms with Crippen LogP contribution in [0.25, 0.3) is 16.7 Å². The van der Waals surface area contributed by atoms with E-state index in [1.165, 1.54) is 38.5 Å². The Kier molecular flexibility index (Phi) is 6.64. The van der Waals surface area contributed by atoms with E-state index in [2.05, 4.69) is 11.4 Å². The highest BCUT2D eigenvalue weighted by Gasteiger charge is 2.32. The molecule has 1 N–H and O–H groups in total. The van der Waals surface area contributed by atoms with Gasteiger partial charge in [0.15, 0.2) is 11.5 Å². The van der Waals surface area contributed by atoms with Crippen molar-refractivity contribution in [1.29, 1.82) is 0 Å². The van der Waals surface area contributed by atoms with Gasteiger partial charge in [-0.2, -0.15) is 13.2 Å². The molecule has 0 amide bonds. The zero-order valence-corrected chi connectivity index (χ0v) is 20.6. The summed E-state index contributed by atoms with van der Waals surface area (Å²) in [4.78, 5) is 0. The Labute approximate surface area is 207 Å². The summed E-state index contributed by atoms with van der Waals surface area (Å²) in [6, 6.07) is 10.9. The molecule has 36 heavy (non-hydrogen) atoms. The number of anilines is 1. The Balaban J connectivity index is 1.92. The van der Waals surface area contributed by atoms with Gasteiger partial charge in [-0.1, -0.05) is 12.1 Å². The van der Waals surface area contributed by atoms with Crippen molar-refractivity contribution >= 4 is 11.3 Å². The highest BCUT2D eigenvalue weighted by Crippen LogP contribution is 2.44. The van der Waals surface area contributed by atoms with Gasteiger partial charge in [0.1, 0.15) is 18.2 Å². The van der Waals surface area contributed by atoms with E-state index < -0.39 is 17.6 Å². The lowest BCUT2D eigenvalue weighted by Crippen LogP contribution is -2.32. The van der Waals surface area contributed by atoms with E-state index in [4.69, 9.17) is 14.2 Å². The van der Waals surface area contributed by atoms with Gasteiger partial charge < -0.3 is 19.5 Å². The molecular formula is C28H27F4NO3. The first-order chi connectivity index (χ1) is 16.9. The number of ether oxygens (including phenoxy) is 3. The number of methoxy groups -OCH3 is 2. The van der Waals surface area contributed by atoms with Gasteiger partial charge in [-0.15, -0.1) is 0 Å². The second-order valence-corrected chi connectivity index (χ2v) is 9.18. The molecule has 8 heteroatoms. The predicted octanol–water partition coefficient (Wildman–Crippen LogP) is 7.72. The van der Waals surface area contributed by atoms with Gasteiger partial charge in [0.25, 0.3) is 0 Å². The molecule has 4 nitrogen and oxygen atoms in total. The molecule has 0 saturated carbocycles. The molecule has 3 aromatic rings. The first kappa shape index (κ1) is 25.4. The average Bonchev–Trinajstić information content (AvgIpc) is 2.80. The van der Waals surface area contributed by atoms with Gasteiger partial charge >= 0.3 is 6.18 Å². The number of nitrogens with one attached hydrogen (secondary N) is 1. The molecule has 4 rings (SSSR count). The average molecular weight is 502 g/mol. The fourth-order valence-corrected chi connectivity index (χ4v) is 4.61. The van der Waals surface area contributed by atoms with Gasteiger partial charge in [-0.05, 0) is 68.3 Å². The monoisotopic (exact) mass is 501 g/mol. The lowest BCUT2D eigenvalue weighted by molar-refractivity contribution is -0.137. The molecule has 0 aliphatic carbocycles. The van der Waals surface area contributed by atoms with Crippen LogP contribution in [-0.2, 0) is 12.8 Å². The van der Waals surface area contributed by atoms with Gasteiger partial charge in [0.2, 0.25) is 0 Å². The fraction of sp³-hybridized carbons (Fsp3) is 0.286. The van der Waals surface area contributed by atoms with Crippen LogP contribution < -0.4 is 19.5 Å². The molecule has 0 unspecified atom stereocenters. The first-order valence-electron chi connectivity index (χ1n) is 11.3. The maximum Gasteiger partial charge on any atom is 0.416 e. The number of hydrogen-bond acceptors (Lipinski definition) is 4. The summed E-state index contributed by atoms with van der Waals surface area (Å²) in [6.07, 6.45) is -2.48. The zero-order chi connectivity index (χ0) is 26.3. The third kappa shape index (κ3) is 4.98. The van der Waals surface area contributed by atoms with Crippen LogP contribution in [0.1, 0.15) is 37.5 Å². The summed E-state index contributed by atoms with van der Waals surface area (Å²) in [5, 5.41) is 3.45. The number of rotatable bonds is 6. The number of fused-ring (bicyclic) bond motifs is 1. The minimum atomic E-state index is -4.53. The molecule has 3 aromatic carbocycles. The van der Waals surface area contributed by atoms with Crippen LogP contribution in [0.4, 0.5) is 23.2 Å². The molecule has 1 aliphatic heterocycles. The lowest BCUT2D eigenvalue weighted by Gasteiger charge is -2.33. The standard InChI is InChI=1S/C28H27F4NO3/c1-16-14-27(2,3)33-22-9-8-19(20-12-17(28(30,31)32)6-10-23(20)34-4)21(26(16)22)15-36-25-13-18(29)7-11-24(25)35-5/h6-14,33H,15H2,1-5H3. The van der Waals surface area contributed by atoms with Crippen LogP contribution in [0.15, 0.2) is 54.6 Å². The fourth-order valence-electron chi connectivity index (χ4n) is 4.61. The molecule has 1 heterocycles.